The Hall–Kier alpha value is 0.481. The molecule has 0 amide bonds. The van der Waals surface area contributed by atoms with Crippen molar-refractivity contribution in [2.24, 2.45) is 0 Å². The fourth-order valence-electron chi connectivity index (χ4n) is 1.26. The summed E-state index contributed by atoms with van der Waals surface area (Å²) in [7, 11) is -17.0. The van der Waals surface area contributed by atoms with Gasteiger partial charge in [-0.2, -0.15) is 0 Å². The van der Waals surface area contributed by atoms with Crippen LogP contribution in [0.15, 0.2) is 0 Å². The summed E-state index contributed by atoms with van der Waals surface area (Å²) in [5, 5.41) is 1.86. The summed E-state index contributed by atoms with van der Waals surface area (Å²) < 4.78 is 19.8. The molecule has 0 atom stereocenters. The summed E-state index contributed by atoms with van der Waals surface area (Å²) >= 11 is 0. The maximum Gasteiger partial charge on any atom is 0.484 e. The van der Waals surface area contributed by atoms with E-state index in [0.29, 0.717) is 0 Å². The van der Waals surface area contributed by atoms with Crippen LogP contribution < -0.4 is 5.09 Å². The molecule has 0 spiro atoms. The quantitative estimate of drug-likeness (QED) is 0.118. The van der Waals surface area contributed by atoms with Crippen LogP contribution in [0.25, 0.3) is 0 Å². The van der Waals surface area contributed by atoms with Gasteiger partial charge in [0.2, 0.25) is 0 Å². The average Bonchev–Trinajstić information content (AvgIpc) is 2.04. The van der Waals surface area contributed by atoms with Gasteiger partial charge in [-0.25, -0.2) is 9.65 Å². The lowest BCUT2D eigenvalue weighted by atomic mass is 10.5. The molecule has 20 heavy (non-hydrogen) atoms. The van der Waals surface area contributed by atoms with Crippen LogP contribution in [0.5, 0.6) is 0 Å². The number of nitrogens with one attached hydrogen (secondary N) is 1. The molecule has 0 unspecified atom stereocenters. The summed E-state index contributed by atoms with van der Waals surface area (Å²) in [5.74, 6) is 0. The molecular weight excluding hydrogens is 349 g/mol. The standard InChI is InChI=1S/C5H20NO10PSi3/c1-18(10,11)15-20(14,16-19(2,12)13)5-3-4-6-17(7,8)9/h10-14H,3-5H2,1-2H3,(H3,6,7,8,9). The van der Waals surface area contributed by atoms with Crippen LogP contribution in [0, 0.1) is 0 Å². The Morgan fingerprint density at radius 2 is 1.40 bits per heavy atom. The molecule has 0 radical (unpaired) electrons. The zero-order valence-corrected chi connectivity index (χ0v) is 14.8. The molecule has 0 aliphatic rings. The summed E-state index contributed by atoms with van der Waals surface area (Å²) in [4.78, 5) is 64.0. The first kappa shape index (κ1) is 20.5. The first-order chi connectivity index (χ1) is 8.62. The Kier molecular flexibility index (Phi) is 7.33. The highest BCUT2D eigenvalue weighted by Gasteiger charge is 2.49. The Labute approximate surface area is 118 Å². The topological polar surface area (TPSA) is 189 Å². The van der Waals surface area contributed by atoms with E-state index in [1.54, 1.807) is 0 Å². The molecule has 0 saturated carbocycles. The van der Waals surface area contributed by atoms with E-state index in [0.717, 1.165) is 13.1 Å². The highest BCUT2D eigenvalue weighted by Crippen LogP contribution is 2.28. The van der Waals surface area contributed by atoms with Crippen LogP contribution in [0.2, 0.25) is 19.1 Å². The van der Waals surface area contributed by atoms with E-state index >= 15 is 0 Å². The lowest BCUT2D eigenvalue weighted by Crippen LogP contribution is -2.58. The van der Waals surface area contributed by atoms with Gasteiger partial charge in [-0.15, -0.1) is 0 Å². The van der Waals surface area contributed by atoms with Crippen LogP contribution in [0.3, 0.4) is 0 Å². The second-order valence-corrected chi connectivity index (χ2v) is 13.0. The monoisotopic (exact) mass is 369 g/mol. The number of hydrogen-bond donors (Lipinski definition) is 8. The highest BCUT2D eigenvalue weighted by atomic mass is 31.2. The van der Waals surface area contributed by atoms with Crippen molar-refractivity contribution in [2.75, 3.05) is 6.54 Å². The molecule has 0 heterocycles. The second kappa shape index (κ2) is 7.16. The fraction of sp³-hybridized carbons (Fsp3) is 1.00. The van der Waals surface area contributed by atoms with Gasteiger partial charge in [-0.3, -0.25) is 0 Å². The van der Waals surface area contributed by atoms with E-state index in [9.17, 15) is 28.5 Å². The Morgan fingerprint density at radius 3 is 1.70 bits per heavy atom. The predicted molar refractivity (Wildman–Crippen MR) is 71.7 cm³/mol. The van der Waals surface area contributed by atoms with E-state index in [-0.39, 0.29) is 19.0 Å². The van der Waals surface area contributed by atoms with Crippen LogP contribution >= 0.6 is 7.75 Å². The van der Waals surface area contributed by atoms with E-state index in [1.807, 2.05) is 5.09 Å². The third-order valence-corrected chi connectivity index (χ3v) is 8.96. The van der Waals surface area contributed by atoms with Crippen molar-refractivity contribution in [2.45, 2.75) is 25.6 Å². The molecule has 122 valence electrons. The van der Waals surface area contributed by atoms with Gasteiger partial charge >= 0.3 is 34.2 Å². The zero-order valence-electron chi connectivity index (χ0n) is 10.9. The third kappa shape index (κ3) is 12.2. The molecular formula is C5H20NO10PSi3. The molecule has 0 fully saturated rings. The van der Waals surface area contributed by atoms with Gasteiger partial charge < -0.3 is 42.0 Å². The molecule has 0 aromatic rings. The molecule has 0 aliphatic carbocycles. The van der Waals surface area contributed by atoms with Crippen molar-refractivity contribution in [1.29, 1.82) is 0 Å². The van der Waals surface area contributed by atoms with Crippen LogP contribution in [0.4, 0.5) is 0 Å². The normalized spacial score (nSPS) is 14.7. The minimum atomic E-state index is -4.41. The molecule has 0 aliphatic heterocycles. The lowest BCUT2D eigenvalue weighted by molar-refractivity contribution is 0.129. The summed E-state index contributed by atoms with van der Waals surface area (Å²) in [5.41, 5.74) is 0. The maximum atomic E-state index is 10.5. The Morgan fingerprint density at radius 1 is 1.00 bits per heavy atom. The lowest BCUT2D eigenvalue weighted by Gasteiger charge is -2.31. The zero-order chi connectivity index (χ0) is 16.2. The molecule has 0 bridgehead atoms. The van der Waals surface area contributed by atoms with Gasteiger partial charge in [0.25, 0.3) is 0 Å². The van der Waals surface area contributed by atoms with Gasteiger partial charge in [0.1, 0.15) is 0 Å². The van der Waals surface area contributed by atoms with E-state index < -0.39 is 34.2 Å². The average molecular weight is 369 g/mol. The van der Waals surface area contributed by atoms with Gasteiger partial charge in [-0.05, 0) is 6.42 Å². The smallest absolute Gasteiger partial charge is 0.391 e. The van der Waals surface area contributed by atoms with Gasteiger partial charge in [0.05, 0.1) is 0 Å². The molecule has 0 aromatic heterocycles. The number of rotatable bonds is 9. The van der Waals surface area contributed by atoms with E-state index in [2.05, 4.69) is 8.23 Å². The van der Waals surface area contributed by atoms with E-state index in [4.69, 9.17) is 9.79 Å². The van der Waals surface area contributed by atoms with Crippen molar-refractivity contribution in [1.82, 2.24) is 5.09 Å². The molecule has 0 saturated heterocycles. The summed E-state index contributed by atoms with van der Waals surface area (Å²) in [6.07, 6.45) is -0.0528. The predicted octanol–water partition coefficient (Wildman–Crippen LogP) is -2.87. The van der Waals surface area contributed by atoms with Crippen LogP contribution in [-0.4, -0.2) is 66.7 Å². The van der Waals surface area contributed by atoms with Gasteiger partial charge in [0.15, 0.2) is 0 Å². The van der Waals surface area contributed by atoms with Crippen molar-refractivity contribution < 1.29 is 46.6 Å². The van der Waals surface area contributed by atoms with E-state index in [1.165, 1.54) is 0 Å². The Balaban J connectivity index is 4.58. The first-order valence-electron chi connectivity index (χ1n) is 5.45. The molecule has 0 aromatic carbocycles. The summed E-state index contributed by atoms with van der Waals surface area (Å²) in [6, 6.07) is -0.340. The molecule has 8 N–H and O–H groups in total. The molecule has 11 nitrogen and oxygen atoms in total. The van der Waals surface area contributed by atoms with Crippen molar-refractivity contribution in [3.8, 4) is 0 Å². The first-order valence-corrected chi connectivity index (χ1v) is 13.6. The van der Waals surface area contributed by atoms with Crippen molar-refractivity contribution in [3.05, 3.63) is 0 Å². The van der Waals surface area contributed by atoms with Gasteiger partial charge in [-0.1, -0.05) is 0 Å². The van der Waals surface area contributed by atoms with Crippen molar-refractivity contribution >= 4 is 34.2 Å². The molecule has 15 heteroatoms. The largest absolute Gasteiger partial charge is 0.484 e. The second-order valence-electron chi connectivity index (χ2n) is 4.34. The third-order valence-electron chi connectivity index (χ3n) is 1.69. The van der Waals surface area contributed by atoms with Crippen LogP contribution in [0.1, 0.15) is 6.42 Å². The fourth-order valence-corrected chi connectivity index (χ4v) is 8.53. The number of hydrogen-bond acceptors (Lipinski definition) is 8. The van der Waals surface area contributed by atoms with Crippen molar-refractivity contribution in [3.63, 3.8) is 0 Å². The summed E-state index contributed by atoms with van der Waals surface area (Å²) in [6.45, 7) is 1.64. The Bertz CT molecular complexity index is 334. The SMILES string of the molecule is C[Si](O)(O)O[Si](O)(CCCNP(=O)(O)O)O[Si](C)(O)O. The molecule has 0 rings (SSSR count). The highest BCUT2D eigenvalue weighted by molar-refractivity contribution is 7.49. The minimum Gasteiger partial charge on any atom is -0.391 e. The van der Waals surface area contributed by atoms with Crippen LogP contribution in [-0.2, 0) is 12.8 Å². The minimum absolute atomic E-state index is 0.0528. The maximum absolute atomic E-state index is 10.5. The van der Waals surface area contributed by atoms with Gasteiger partial charge in [0, 0.05) is 25.7 Å².